The molecule has 7 heteroatoms. The number of methoxy groups -OCH3 is 1. The van der Waals surface area contributed by atoms with E-state index in [1.165, 1.54) is 7.11 Å². The fraction of sp³-hybridized carbons (Fsp3) is 0.857. The van der Waals surface area contributed by atoms with Crippen LogP contribution in [0, 0.1) is 0 Å². The van der Waals surface area contributed by atoms with Crippen LogP contribution in [0.25, 0.3) is 0 Å². The maximum atomic E-state index is 12.1. The van der Waals surface area contributed by atoms with Crippen LogP contribution >= 0.6 is 0 Å². The van der Waals surface area contributed by atoms with Gasteiger partial charge in [-0.3, -0.25) is 4.79 Å². The molecular formula is C14H26N2O5. The second kappa shape index (κ2) is 8.19. The Morgan fingerprint density at radius 1 is 1.38 bits per heavy atom. The molecule has 1 N–H and O–H groups in total. The average molecular weight is 302 g/mol. The first-order valence-electron chi connectivity index (χ1n) is 7.17. The minimum Gasteiger partial charge on any atom is -0.444 e. The van der Waals surface area contributed by atoms with E-state index in [4.69, 9.17) is 14.2 Å². The van der Waals surface area contributed by atoms with Gasteiger partial charge in [-0.1, -0.05) is 0 Å². The number of nitrogens with one attached hydrogen (secondary N) is 1. The van der Waals surface area contributed by atoms with Gasteiger partial charge in [0.15, 0.2) is 0 Å². The summed E-state index contributed by atoms with van der Waals surface area (Å²) in [4.78, 5) is 25.1. The molecule has 0 saturated carbocycles. The van der Waals surface area contributed by atoms with Crippen molar-refractivity contribution in [2.45, 2.75) is 38.9 Å². The summed E-state index contributed by atoms with van der Waals surface area (Å²) in [5.74, 6) is -0.200. The van der Waals surface area contributed by atoms with Crippen molar-refractivity contribution in [2.24, 2.45) is 0 Å². The zero-order chi connectivity index (χ0) is 15.9. The first kappa shape index (κ1) is 17.7. The van der Waals surface area contributed by atoms with E-state index in [9.17, 15) is 9.59 Å². The number of carbonyl (C=O) groups excluding carboxylic acids is 2. The molecule has 0 aromatic carbocycles. The van der Waals surface area contributed by atoms with Gasteiger partial charge in [0.1, 0.15) is 12.2 Å². The second-order valence-corrected chi connectivity index (χ2v) is 6.01. The fourth-order valence-electron chi connectivity index (χ4n) is 1.92. The molecule has 0 bridgehead atoms. The summed E-state index contributed by atoms with van der Waals surface area (Å²) >= 11 is 0. The first-order valence-corrected chi connectivity index (χ1v) is 7.17. The molecule has 1 atom stereocenters. The van der Waals surface area contributed by atoms with Gasteiger partial charge in [-0.25, -0.2) is 4.79 Å². The Labute approximate surface area is 125 Å². The molecule has 1 aliphatic rings. The zero-order valence-electron chi connectivity index (χ0n) is 13.3. The molecule has 0 radical (unpaired) electrons. The summed E-state index contributed by atoms with van der Waals surface area (Å²) in [7, 11) is 1.46. The predicted molar refractivity (Wildman–Crippen MR) is 77.0 cm³/mol. The van der Waals surface area contributed by atoms with E-state index >= 15 is 0 Å². The Bertz CT molecular complexity index is 354. The van der Waals surface area contributed by atoms with E-state index in [2.05, 4.69) is 5.32 Å². The quantitative estimate of drug-likeness (QED) is 0.830. The third-order valence-electron chi connectivity index (χ3n) is 2.80. The lowest BCUT2D eigenvalue weighted by Crippen LogP contribution is -2.44. The lowest BCUT2D eigenvalue weighted by molar-refractivity contribution is -0.125. The number of amides is 2. The normalized spacial score (nSPS) is 19.8. The first-order chi connectivity index (χ1) is 9.81. The third-order valence-corrected chi connectivity index (χ3v) is 2.80. The van der Waals surface area contributed by atoms with Gasteiger partial charge < -0.3 is 24.4 Å². The Kier molecular flexibility index (Phi) is 6.91. The molecule has 1 saturated heterocycles. The smallest absolute Gasteiger partial charge is 0.410 e. The zero-order valence-corrected chi connectivity index (χ0v) is 13.3. The molecule has 1 unspecified atom stereocenters. The van der Waals surface area contributed by atoms with Gasteiger partial charge >= 0.3 is 6.09 Å². The molecule has 0 aliphatic carbocycles. The van der Waals surface area contributed by atoms with Crippen LogP contribution in [-0.2, 0) is 19.0 Å². The van der Waals surface area contributed by atoms with Crippen molar-refractivity contribution < 1.29 is 23.8 Å². The Balaban J connectivity index is 2.48. The van der Waals surface area contributed by atoms with Gasteiger partial charge in [-0.05, 0) is 27.2 Å². The largest absolute Gasteiger partial charge is 0.444 e. The number of hydrogen-bond acceptors (Lipinski definition) is 5. The van der Waals surface area contributed by atoms with Crippen molar-refractivity contribution in [1.29, 1.82) is 0 Å². The maximum Gasteiger partial charge on any atom is 0.410 e. The van der Waals surface area contributed by atoms with Crippen LogP contribution in [0.5, 0.6) is 0 Å². The van der Waals surface area contributed by atoms with Crippen LogP contribution < -0.4 is 5.32 Å². The molecule has 1 fully saturated rings. The minimum absolute atomic E-state index is 0.0164. The monoisotopic (exact) mass is 302 g/mol. The second-order valence-electron chi connectivity index (χ2n) is 6.01. The van der Waals surface area contributed by atoms with Gasteiger partial charge in [0.2, 0.25) is 5.91 Å². The van der Waals surface area contributed by atoms with Crippen LogP contribution in [0.1, 0.15) is 27.2 Å². The molecule has 122 valence electrons. The minimum atomic E-state index is -0.521. The van der Waals surface area contributed by atoms with E-state index < -0.39 is 5.60 Å². The van der Waals surface area contributed by atoms with Gasteiger partial charge in [0.25, 0.3) is 0 Å². The number of hydrogen-bond donors (Lipinski definition) is 1. The SMILES string of the molecule is COCC(=O)NCC1CN(C(=O)OC(C)(C)C)CCCO1. The molecule has 1 heterocycles. The molecule has 21 heavy (non-hydrogen) atoms. The lowest BCUT2D eigenvalue weighted by Gasteiger charge is -2.28. The van der Waals surface area contributed by atoms with Crippen LogP contribution in [0.2, 0.25) is 0 Å². The number of ether oxygens (including phenoxy) is 3. The van der Waals surface area contributed by atoms with Crippen molar-refractivity contribution in [1.82, 2.24) is 10.2 Å². The molecule has 7 nitrogen and oxygen atoms in total. The van der Waals surface area contributed by atoms with E-state index in [1.807, 2.05) is 20.8 Å². The standard InChI is InChI=1S/C14H26N2O5/c1-14(2,3)21-13(18)16-6-5-7-20-11(9-16)8-15-12(17)10-19-4/h11H,5-10H2,1-4H3,(H,15,17). The fourth-order valence-corrected chi connectivity index (χ4v) is 1.92. The van der Waals surface area contributed by atoms with Crippen LogP contribution in [0.15, 0.2) is 0 Å². The van der Waals surface area contributed by atoms with Gasteiger partial charge in [0, 0.05) is 26.8 Å². The molecule has 1 aliphatic heterocycles. The maximum absolute atomic E-state index is 12.1. The van der Waals surface area contributed by atoms with Gasteiger partial charge in [-0.15, -0.1) is 0 Å². The van der Waals surface area contributed by atoms with Crippen molar-refractivity contribution in [3.63, 3.8) is 0 Å². The highest BCUT2D eigenvalue weighted by Gasteiger charge is 2.26. The van der Waals surface area contributed by atoms with E-state index in [0.29, 0.717) is 26.2 Å². The molecule has 1 rings (SSSR count). The Morgan fingerprint density at radius 2 is 2.10 bits per heavy atom. The summed E-state index contributed by atoms with van der Waals surface area (Å²) in [6.45, 7) is 7.43. The van der Waals surface area contributed by atoms with E-state index in [-0.39, 0.29) is 24.7 Å². The van der Waals surface area contributed by atoms with Crippen molar-refractivity contribution >= 4 is 12.0 Å². The topological polar surface area (TPSA) is 77.1 Å². The molecule has 0 spiro atoms. The van der Waals surface area contributed by atoms with Crippen LogP contribution in [0.4, 0.5) is 4.79 Å². The summed E-state index contributed by atoms with van der Waals surface area (Å²) in [6.07, 6.45) is 0.170. The molecular weight excluding hydrogens is 276 g/mol. The molecule has 2 amide bonds. The lowest BCUT2D eigenvalue weighted by atomic mass is 10.2. The summed E-state index contributed by atoms with van der Waals surface area (Å²) in [5, 5.41) is 2.72. The highest BCUT2D eigenvalue weighted by Crippen LogP contribution is 2.13. The number of carbonyl (C=O) groups is 2. The third kappa shape index (κ3) is 7.29. The highest BCUT2D eigenvalue weighted by molar-refractivity contribution is 5.77. The number of nitrogens with zero attached hydrogens (tertiary/aromatic N) is 1. The van der Waals surface area contributed by atoms with Crippen molar-refractivity contribution in [2.75, 3.05) is 40.0 Å². The molecule has 0 aromatic rings. The summed E-state index contributed by atoms with van der Waals surface area (Å²) in [6, 6.07) is 0. The van der Waals surface area contributed by atoms with Gasteiger partial charge in [0.05, 0.1) is 12.6 Å². The van der Waals surface area contributed by atoms with Crippen LogP contribution in [-0.4, -0.2) is 68.6 Å². The predicted octanol–water partition coefficient (Wildman–Crippen LogP) is 0.775. The number of rotatable bonds is 4. The Morgan fingerprint density at radius 3 is 2.71 bits per heavy atom. The van der Waals surface area contributed by atoms with Crippen LogP contribution in [0.3, 0.4) is 0 Å². The summed E-state index contributed by atoms with van der Waals surface area (Å²) in [5.41, 5.74) is -0.521. The summed E-state index contributed by atoms with van der Waals surface area (Å²) < 4.78 is 15.8. The Hall–Kier alpha value is -1.34. The highest BCUT2D eigenvalue weighted by atomic mass is 16.6. The van der Waals surface area contributed by atoms with Crippen molar-refractivity contribution in [3.05, 3.63) is 0 Å². The van der Waals surface area contributed by atoms with Gasteiger partial charge in [-0.2, -0.15) is 0 Å². The van der Waals surface area contributed by atoms with E-state index in [0.717, 1.165) is 6.42 Å². The van der Waals surface area contributed by atoms with Crippen molar-refractivity contribution in [3.8, 4) is 0 Å². The average Bonchev–Trinajstić information content (AvgIpc) is 2.60. The molecule has 0 aromatic heterocycles. The van der Waals surface area contributed by atoms with E-state index in [1.54, 1.807) is 4.90 Å².